The third-order valence-electron chi connectivity index (χ3n) is 2.98. The number of amides is 1. The van der Waals surface area contributed by atoms with Gasteiger partial charge in [-0.15, -0.1) is 0 Å². The van der Waals surface area contributed by atoms with E-state index in [0.717, 1.165) is 5.56 Å². The Morgan fingerprint density at radius 2 is 1.90 bits per heavy atom. The minimum Gasteiger partial charge on any atom is -0.321 e. The van der Waals surface area contributed by atoms with Crippen LogP contribution in [-0.4, -0.2) is 19.3 Å². The summed E-state index contributed by atoms with van der Waals surface area (Å²) in [6.45, 7) is 3.40. The Morgan fingerprint density at radius 3 is 2.52 bits per heavy atom. The summed E-state index contributed by atoms with van der Waals surface area (Å²) in [7, 11) is -3.83. The number of anilines is 1. The van der Waals surface area contributed by atoms with E-state index in [1.54, 1.807) is 38.1 Å². The van der Waals surface area contributed by atoms with Crippen molar-refractivity contribution in [3.8, 4) is 0 Å². The summed E-state index contributed by atoms with van der Waals surface area (Å²) in [6.07, 6.45) is 1.52. The van der Waals surface area contributed by atoms with Crippen LogP contribution >= 0.6 is 0 Å². The fourth-order valence-electron chi connectivity index (χ4n) is 1.90. The van der Waals surface area contributed by atoms with Crippen molar-refractivity contribution in [2.24, 2.45) is 5.14 Å². The molecule has 0 aliphatic heterocycles. The molecule has 1 aromatic carbocycles. The molecule has 0 aliphatic rings. The number of carbonyl (C=O) groups is 1. The molecular weight excluding hydrogens is 290 g/mol. The number of hydrogen-bond donors (Lipinski definition) is 2. The number of carbonyl (C=O) groups excluding carboxylic acids is 1. The van der Waals surface area contributed by atoms with Crippen LogP contribution < -0.4 is 10.5 Å². The number of primary sulfonamides is 1. The fourth-order valence-corrected chi connectivity index (χ4v) is 2.71. The molecular formula is C14H15N3O3S. The highest BCUT2D eigenvalue weighted by Gasteiger charge is 2.15. The molecule has 3 N–H and O–H groups in total. The second-order valence-corrected chi connectivity index (χ2v) is 6.18. The molecule has 21 heavy (non-hydrogen) atoms. The number of rotatable bonds is 3. The lowest BCUT2D eigenvalue weighted by atomic mass is 10.2. The zero-order valence-electron chi connectivity index (χ0n) is 11.6. The number of sulfonamides is 1. The number of hydrogen-bond acceptors (Lipinski definition) is 4. The summed E-state index contributed by atoms with van der Waals surface area (Å²) in [5.41, 5.74) is 1.88. The number of nitrogens with zero attached hydrogens (tertiary/aromatic N) is 1. The molecule has 0 saturated carbocycles. The van der Waals surface area contributed by atoms with Crippen LogP contribution in [-0.2, 0) is 10.0 Å². The van der Waals surface area contributed by atoms with Crippen molar-refractivity contribution >= 4 is 21.6 Å². The highest BCUT2D eigenvalue weighted by atomic mass is 32.2. The van der Waals surface area contributed by atoms with E-state index in [0.29, 0.717) is 11.3 Å². The maximum absolute atomic E-state index is 12.1. The van der Waals surface area contributed by atoms with E-state index < -0.39 is 15.9 Å². The molecule has 0 unspecified atom stereocenters. The molecule has 2 rings (SSSR count). The molecule has 1 amide bonds. The van der Waals surface area contributed by atoms with Crippen LogP contribution in [0, 0.1) is 13.8 Å². The standard InChI is InChI=1S/C14H15N3O3S/c1-9-5-6-11(8-12(9)21(15,19)20)17-14(18)13-10(2)4-3-7-16-13/h3-8H,1-2H3,(H,17,18)(H2,15,19,20). The summed E-state index contributed by atoms with van der Waals surface area (Å²) in [5.74, 6) is -0.405. The average molecular weight is 305 g/mol. The number of pyridine rings is 1. The van der Waals surface area contributed by atoms with Gasteiger partial charge in [-0.1, -0.05) is 12.1 Å². The third-order valence-corrected chi connectivity index (χ3v) is 4.03. The van der Waals surface area contributed by atoms with Gasteiger partial charge in [-0.05, 0) is 43.2 Å². The zero-order chi connectivity index (χ0) is 15.6. The van der Waals surface area contributed by atoms with Gasteiger partial charge in [0.1, 0.15) is 5.69 Å². The summed E-state index contributed by atoms with van der Waals surface area (Å²) in [4.78, 5) is 16.1. The summed E-state index contributed by atoms with van der Waals surface area (Å²) < 4.78 is 22.9. The van der Waals surface area contributed by atoms with Gasteiger partial charge in [-0.2, -0.15) is 0 Å². The molecule has 0 radical (unpaired) electrons. The smallest absolute Gasteiger partial charge is 0.274 e. The van der Waals surface area contributed by atoms with Gasteiger partial charge in [0.15, 0.2) is 0 Å². The Hall–Kier alpha value is -2.25. The number of nitrogens with one attached hydrogen (secondary N) is 1. The minimum absolute atomic E-state index is 0.0157. The molecule has 1 heterocycles. The van der Waals surface area contributed by atoms with Crippen LogP contribution in [0.2, 0.25) is 0 Å². The van der Waals surface area contributed by atoms with E-state index in [9.17, 15) is 13.2 Å². The summed E-state index contributed by atoms with van der Waals surface area (Å²) in [6, 6.07) is 8.03. The van der Waals surface area contributed by atoms with Crippen molar-refractivity contribution in [1.82, 2.24) is 4.98 Å². The number of aromatic nitrogens is 1. The van der Waals surface area contributed by atoms with Crippen LogP contribution in [0.15, 0.2) is 41.4 Å². The fraction of sp³-hybridized carbons (Fsp3) is 0.143. The van der Waals surface area contributed by atoms with Crippen LogP contribution in [0.5, 0.6) is 0 Å². The number of nitrogens with two attached hydrogens (primary N) is 1. The molecule has 0 atom stereocenters. The monoisotopic (exact) mass is 305 g/mol. The average Bonchev–Trinajstić information content (AvgIpc) is 2.40. The Balaban J connectivity index is 2.33. The third kappa shape index (κ3) is 3.45. The molecule has 6 nitrogen and oxygen atoms in total. The van der Waals surface area contributed by atoms with Crippen LogP contribution in [0.3, 0.4) is 0 Å². The summed E-state index contributed by atoms with van der Waals surface area (Å²) in [5, 5.41) is 7.76. The normalized spacial score (nSPS) is 11.2. The number of benzene rings is 1. The van der Waals surface area contributed by atoms with Gasteiger partial charge >= 0.3 is 0 Å². The van der Waals surface area contributed by atoms with Gasteiger partial charge in [0.05, 0.1) is 4.90 Å². The lowest BCUT2D eigenvalue weighted by Gasteiger charge is -2.09. The molecule has 0 bridgehead atoms. The van der Waals surface area contributed by atoms with Crippen molar-refractivity contribution in [3.05, 3.63) is 53.3 Å². The van der Waals surface area contributed by atoms with E-state index in [1.807, 2.05) is 0 Å². The topological polar surface area (TPSA) is 102 Å². The second kappa shape index (κ2) is 5.63. The molecule has 110 valence electrons. The van der Waals surface area contributed by atoms with Gasteiger partial charge in [0, 0.05) is 11.9 Å². The Morgan fingerprint density at radius 1 is 1.19 bits per heavy atom. The quantitative estimate of drug-likeness (QED) is 0.899. The SMILES string of the molecule is Cc1ccc(NC(=O)c2ncccc2C)cc1S(N)(=O)=O. The van der Waals surface area contributed by atoms with E-state index in [2.05, 4.69) is 10.3 Å². The Kier molecular flexibility index (Phi) is 4.06. The minimum atomic E-state index is -3.83. The first-order chi connectivity index (χ1) is 9.79. The van der Waals surface area contributed by atoms with Crippen molar-refractivity contribution < 1.29 is 13.2 Å². The largest absolute Gasteiger partial charge is 0.321 e. The molecule has 7 heteroatoms. The van der Waals surface area contributed by atoms with Crippen molar-refractivity contribution in [2.45, 2.75) is 18.7 Å². The van der Waals surface area contributed by atoms with Gasteiger partial charge < -0.3 is 5.32 Å². The van der Waals surface area contributed by atoms with Crippen molar-refractivity contribution in [3.63, 3.8) is 0 Å². The van der Waals surface area contributed by atoms with Crippen LogP contribution in [0.25, 0.3) is 0 Å². The Labute approximate surface area is 123 Å². The van der Waals surface area contributed by atoms with E-state index in [4.69, 9.17) is 5.14 Å². The lowest BCUT2D eigenvalue weighted by molar-refractivity contribution is 0.102. The highest BCUT2D eigenvalue weighted by molar-refractivity contribution is 7.89. The predicted octanol–water partition coefficient (Wildman–Crippen LogP) is 1.60. The van der Waals surface area contributed by atoms with Crippen LogP contribution in [0.4, 0.5) is 5.69 Å². The first-order valence-electron chi connectivity index (χ1n) is 6.15. The van der Waals surface area contributed by atoms with Gasteiger partial charge in [0.25, 0.3) is 5.91 Å². The van der Waals surface area contributed by atoms with Crippen molar-refractivity contribution in [2.75, 3.05) is 5.32 Å². The van der Waals surface area contributed by atoms with Crippen molar-refractivity contribution in [1.29, 1.82) is 0 Å². The molecule has 0 aliphatic carbocycles. The molecule has 2 aromatic rings. The summed E-state index contributed by atoms with van der Waals surface area (Å²) >= 11 is 0. The molecule has 0 spiro atoms. The second-order valence-electron chi connectivity index (χ2n) is 4.65. The van der Waals surface area contributed by atoms with Crippen LogP contribution in [0.1, 0.15) is 21.6 Å². The number of aryl methyl sites for hydroxylation is 2. The van der Waals surface area contributed by atoms with E-state index in [-0.39, 0.29) is 10.6 Å². The lowest BCUT2D eigenvalue weighted by Crippen LogP contribution is -2.17. The van der Waals surface area contributed by atoms with E-state index in [1.165, 1.54) is 12.3 Å². The van der Waals surface area contributed by atoms with Gasteiger partial charge in [0.2, 0.25) is 10.0 Å². The zero-order valence-corrected chi connectivity index (χ0v) is 12.4. The molecule has 0 saturated heterocycles. The molecule has 1 aromatic heterocycles. The maximum atomic E-state index is 12.1. The Bertz CT molecular complexity index is 801. The van der Waals surface area contributed by atoms with Gasteiger partial charge in [-0.3, -0.25) is 9.78 Å². The maximum Gasteiger partial charge on any atom is 0.274 e. The first kappa shape index (κ1) is 15.1. The van der Waals surface area contributed by atoms with E-state index >= 15 is 0 Å². The predicted molar refractivity (Wildman–Crippen MR) is 79.5 cm³/mol. The molecule has 0 fully saturated rings. The first-order valence-corrected chi connectivity index (χ1v) is 7.70. The van der Waals surface area contributed by atoms with Gasteiger partial charge in [-0.25, -0.2) is 13.6 Å². The highest BCUT2D eigenvalue weighted by Crippen LogP contribution is 2.19.